The van der Waals surface area contributed by atoms with Crippen LogP contribution >= 0.6 is 0 Å². The molecule has 10 heteroatoms. The molecule has 1 heterocycles. The Morgan fingerprint density at radius 3 is 2.32 bits per heavy atom. The topological polar surface area (TPSA) is 114 Å². The molecule has 0 atom stereocenters. The number of hydrogen-bond donors (Lipinski definition) is 2. The fourth-order valence-electron chi connectivity index (χ4n) is 1.53. The zero-order valence-corrected chi connectivity index (χ0v) is 11.1. The van der Waals surface area contributed by atoms with Crippen LogP contribution in [0.2, 0.25) is 0 Å². The Bertz CT molecular complexity index is 589. The lowest BCUT2D eigenvalue weighted by Gasteiger charge is -2.21. The van der Waals surface area contributed by atoms with E-state index in [9.17, 15) is 27.6 Å². The molecule has 0 radical (unpaired) electrons. The molecule has 3 N–H and O–H groups in total. The summed E-state index contributed by atoms with van der Waals surface area (Å²) in [6.45, 7) is -1.76. The molecule has 1 aromatic rings. The number of carboxylic acids is 1. The van der Waals surface area contributed by atoms with Crippen LogP contribution in [-0.4, -0.2) is 52.0 Å². The fraction of sp³-hybridized carbons (Fsp3) is 0.333. The fourth-order valence-corrected chi connectivity index (χ4v) is 1.53. The summed E-state index contributed by atoms with van der Waals surface area (Å²) in [5, 5.41) is 8.68. The summed E-state index contributed by atoms with van der Waals surface area (Å²) in [6.07, 6.45) is -5.90. The van der Waals surface area contributed by atoms with E-state index in [0.29, 0.717) is 4.90 Å². The second kappa shape index (κ2) is 6.87. The van der Waals surface area contributed by atoms with E-state index in [4.69, 9.17) is 10.8 Å². The number of primary amides is 1. The highest BCUT2D eigenvalue weighted by molar-refractivity contribution is 5.96. The summed E-state index contributed by atoms with van der Waals surface area (Å²) in [5.41, 5.74) is 4.37. The molecule has 0 fully saturated rings. The molecule has 0 aliphatic rings. The minimum Gasteiger partial charge on any atom is -0.480 e. The van der Waals surface area contributed by atoms with E-state index in [2.05, 4.69) is 4.98 Å². The third-order valence-corrected chi connectivity index (χ3v) is 2.50. The van der Waals surface area contributed by atoms with Crippen molar-refractivity contribution in [2.24, 2.45) is 5.73 Å². The largest absolute Gasteiger partial charge is 0.480 e. The molecule has 120 valence electrons. The van der Waals surface area contributed by atoms with Gasteiger partial charge in [-0.3, -0.25) is 14.4 Å². The van der Waals surface area contributed by atoms with Gasteiger partial charge in [0.25, 0.3) is 11.8 Å². The van der Waals surface area contributed by atoms with Crippen molar-refractivity contribution in [1.29, 1.82) is 0 Å². The van der Waals surface area contributed by atoms with Crippen LogP contribution in [0.15, 0.2) is 18.2 Å². The lowest BCUT2D eigenvalue weighted by Crippen LogP contribution is -2.38. The molecule has 2 amide bonds. The SMILES string of the molecule is NC(=O)c1cccc(C(=O)N(CCC(F)(F)F)CC(=O)O)n1. The van der Waals surface area contributed by atoms with E-state index >= 15 is 0 Å². The highest BCUT2D eigenvalue weighted by Gasteiger charge is 2.30. The maximum absolute atomic E-state index is 12.2. The van der Waals surface area contributed by atoms with E-state index in [1.807, 2.05) is 0 Å². The molecule has 0 unspecified atom stereocenters. The zero-order chi connectivity index (χ0) is 16.9. The van der Waals surface area contributed by atoms with Gasteiger partial charge in [-0.25, -0.2) is 4.98 Å². The molecule has 7 nitrogen and oxygen atoms in total. The Morgan fingerprint density at radius 1 is 1.23 bits per heavy atom. The quantitative estimate of drug-likeness (QED) is 0.799. The number of rotatable bonds is 6. The first-order valence-electron chi connectivity index (χ1n) is 5.95. The number of aliphatic carboxylic acids is 1. The van der Waals surface area contributed by atoms with Gasteiger partial charge in [0.2, 0.25) is 0 Å². The number of halogens is 3. The average Bonchev–Trinajstić information content (AvgIpc) is 2.41. The second-order valence-electron chi connectivity index (χ2n) is 4.26. The molecule has 0 saturated heterocycles. The average molecular weight is 319 g/mol. The molecule has 0 bridgehead atoms. The number of carbonyl (C=O) groups is 3. The Labute approximate surface area is 122 Å². The van der Waals surface area contributed by atoms with Crippen molar-refractivity contribution < 1.29 is 32.7 Å². The number of alkyl halides is 3. The van der Waals surface area contributed by atoms with Gasteiger partial charge >= 0.3 is 12.1 Å². The maximum Gasteiger partial charge on any atom is 0.390 e. The Balaban J connectivity index is 2.98. The number of nitrogens with zero attached hydrogens (tertiary/aromatic N) is 2. The van der Waals surface area contributed by atoms with Crippen LogP contribution in [-0.2, 0) is 4.79 Å². The van der Waals surface area contributed by atoms with Gasteiger partial charge in [-0.05, 0) is 12.1 Å². The summed E-state index contributed by atoms with van der Waals surface area (Å²) < 4.78 is 36.7. The minimum atomic E-state index is -4.54. The summed E-state index contributed by atoms with van der Waals surface area (Å²) in [4.78, 5) is 37.8. The smallest absolute Gasteiger partial charge is 0.390 e. The van der Waals surface area contributed by atoms with Gasteiger partial charge in [0.1, 0.15) is 17.9 Å². The third kappa shape index (κ3) is 5.38. The minimum absolute atomic E-state index is 0.253. The van der Waals surface area contributed by atoms with Gasteiger partial charge < -0.3 is 15.7 Å². The number of amides is 2. The van der Waals surface area contributed by atoms with Gasteiger partial charge in [-0.1, -0.05) is 6.07 Å². The number of pyridine rings is 1. The van der Waals surface area contributed by atoms with Gasteiger partial charge in [0, 0.05) is 6.54 Å². The summed E-state index contributed by atoms with van der Waals surface area (Å²) in [6, 6.07) is 3.64. The molecule has 1 aromatic heterocycles. The summed E-state index contributed by atoms with van der Waals surface area (Å²) >= 11 is 0. The van der Waals surface area contributed by atoms with Crippen molar-refractivity contribution >= 4 is 17.8 Å². The van der Waals surface area contributed by atoms with Gasteiger partial charge in [-0.15, -0.1) is 0 Å². The molecular weight excluding hydrogens is 307 g/mol. The molecule has 1 rings (SSSR count). The van der Waals surface area contributed by atoms with E-state index in [-0.39, 0.29) is 11.4 Å². The van der Waals surface area contributed by atoms with E-state index < -0.39 is 43.5 Å². The number of hydrogen-bond acceptors (Lipinski definition) is 4. The predicted molar refractivity (Wildman–Crippen MR) is 67.0 cm³/mol. The molecular formula is C12H12F3N3O4. The van der Waals surface area contributed by atoms with Crippen LogP contribution in [0.5, 0.6) is 0 Å². The molecule has 0 aliphatic carbocycles. The molecule has 0 aliphatic heterocycles. The highest BCUT2D eigenvalue weighted by atomic mass is 19.4. The standard InChI is InChI=1S/C12H12F3N3O4/c13-12(14,15)4-5-18(6-9(19)20)11(22)8-3-1-2-7(17-8)10(16)21/h1-3H,4-6H2,(H2,16,21)(H,19,20). The molecule has 0 saturated carbocycles. The number of aromatic nitrogens is 1. The first-order chi connectivity index (χ1) is 10.1. The van der Waals surface area contributed by atoms with Crippen molar-refractivity contribution in [2.45, 2.75) is 12.6 Å². The van der Waals surface area contributed by atoms with Crippen LogP contribution in [0.3, 0.4) is 0 Å². The second-order valence-corrected chi connectivity index (χ2v) is 4.26. The number of nitrogens with two attached hydrogens (primary N) is 1. The van der Waals surface area contributed by atoms with Gasteiger partial charge in [-0.2, -0.15) is 13.2 Å². The monoisotopic (exact) mass is 319 g/mol. The van der Waals surface area contributed by atoms with Crippen molar-refractivity contribution in [3.63, 3.8) is 0 Å². The van der Waals surface area contributed by atoms with Crippen LogP contribution < -0.4 is 5.73 Å². The molecule has 22 heavy (non-hydrogen) atoms. The zero-order valence-electron chi connectivity index (χ0n) is 11.1. The normalized spacial score (nSPS) is 11.0. The number of carboxylic acid groups (broad SMARTS) is 1. The molecule has 0 spiro atoms. The number of carbonyl (C=O) groups excluding carboxylic acids is 2. The first kappa shape index (κ1) is 17.4. The van der Waals surface area contributed by atoms with Crippen molar-refractivity contribution in [2.75, 3.05) is 13.1 Å². The van der Waals surface area contributed by atoms with Crippen LogP contribution in [0.1, 0.15) is 27.4 Å². The highest BCUT2D eigenvalue weighted by Crippen LogP contribution is 2.20. The van der Waals surface area contributed by atoms with Gasteiger partial charge in [0.15, 0.2) is 0 Å². The predicted octanol–water partition coefficient (Wildman–Crippen LogP) is 0.660. The van der Waals surface area contributed by atoms with Crippen molar-refractivity contribution in [1.82, 2.24) is 9.88 Å². The van der Waals surface area contributed by atoms with Crippen LogP contribution in [0.4, 0.5) is 13.2 Å². The summed E-state index contributed by atoms with van der Waals surface area (Å²) in [7, 11) is 0. The third-order valence-electron chi connectivity index (χ3n) is 2.50. The van der Waals surface area contributed by atoms with E-state index in [1.165, 1.54) is 12.1 Å². The van der Waals surface area contributed by atoms with Gasteiger partial charge in [0.05, 0.1) is 6.42 Å². The summed E-state index contributed by atoms with van der Waals surface area (Å²) in [5.74, 6) is -3.42. The first-order valence-corrected chi connectivity index (χ1v) is 5.95. The molecule has 0 aromatic carbocycles. The van der Waals surface area contributed by atoms with Crippen molar-refractivity contribution in [3.05, 3.63) is 29.6 Å². The van der Waals surface area contributed by atoms with Crippen LogP contribution in [0, 0.1) is 0 Å². The Hall–Kier alpha value is -2.65. The maximum atomic E-state index is 12.2. The van der Waals surface area contributed by atoms with Crippen LogP contribution in [0.25, 0.3) is 0 Å². The van der Waals surface area contributed by atoms with Crippen molar-refractivity contribution in [3.8, 4) is 0 Å². The lowest BCUT2D eigenvalue weighted by molar-refractivity contribution is -0.143. The Morgan fingerprint density at radius 2 is 1.82 bits per heavy atom. The van der Waals surface area contributed by atoms with E-state index in [1.54, 1.807) is 0 Å². The lowest BCUT2D eigenvalue weighted by atomic mass is 10.2. The Kier molecular flexibility index (Phi) is 5.44. The van der Waals surface area contributed by atoms with E-state index in [0.717, 1.165) is 6.07 Å².